The van der Waals surface area contributed by atoms with Crippen LogP contribution in [0.25, 0.3) is 10.9 Å². The number of hydrogen-bond donors (Lipinski definition) is 0. The van der Waals surface area contributed by atoms with E-state index in [4.69, 9.17) is 23.2 Å². The summed E-state index contributed by atoms with van der Waals surface area (Å²) in [5, 5.41) is 1.15. The quantitative estimate of drug-likeness (QED) is 0.426. The molecule has 5 nitrogen and oxygen atoms in total. The molecule has 1 saturated heterocycles. The van der Waals surface area contributed by atoms with Crippen LogP contribution in [0, 0.1) is 0 Å². The Morgan fingerprint density at radius 3 is 2.56 bits per heavy atom. The molecule has 0 unspecified atom stereocenters. The zero-order valence-electron chi connectivity index (χ0n) is 17.2. The first-order valence-corrected chi connectivity index (χ1v) is 10.9. The van der Waals surface area contributed by atoms with Crippen molar-refractivity contribution in [2.24, 2.45) is 7.05 Å². The van der Waals surface area contributed by atoms with Crippen molar-refractivity contribution < 1.29 is 22.7 Å². The lowest BCUT2D eigenvalue weighted by Crippen LogP contribution is -2.35. The normalized spacial score (nSPS) is 14.8. The Balaban J connectivity index is 1.66. The van der Waals surface area contributed by atoms with Gasteiger partial charge in [0.1, 0.15) is 10.9 Å². The number of ether oxygens (including phenoxy) is 1. The predicted molar refractivity (Wildman–Crippen MR) is 116 cm³/mol. The molecule has 1 aromatic carbocycles. The fourth-order valence-corrected chi connectivity index (χ4v) is 4.54. The summed E-state index contributed by atoms with van der Waals surface area (Å²) in [5.41, 5.74) is 2.10. The summed E-state index contributed by atoms with van der Waals surface area (Å²) < 4.78 is 43.5. The number of fused-ring (bicyclic) bond motifs is 1. The summed E-state index contributed by atoms with van der Waals surface area (Å²) in [4.78, 5) is 18.9. The van der Waals surface area contributed by atoms with Gasteiger partial charge in [0.25, 0.3) is 5.91 Å². The molecule has 1 aliphatic rings. The van der Waals surface area contributed by atoms with E-state index in [9.17, 15) is 18.0 Å². The third-order valence-corrected chi connectivity index (χ3v) is 6.40. The number of halogens is 5. The maximum absolute atomic E-state index is 12.9. The monoisotopic (exact) mass is 485 g/mol. The van der Waals surface area contributed by atoms with E-state index in [1.165, 1.54) is 18.3 Å². The maximum Gasteiger partial charge on any atom is 0.573 e. The van der Waals surface area contributed by atoms with Crippen molar-refractivity contribution in [3.05, 3.63) is 57.5 Å². The minimum absolute atomic E-state index is 0.175. The molecule has 170 valence electrons. The molecule has 0 N–H and O–H groups in total. The van der Waals surface area contributed by atoms with Gasteiger partial charge < -0.3 is 14.2 Å². The predicted octanol–water partition coefficient (Wildman–Crippen LogP) is 6.00. The van der Waals surface area contributed by atoms with Gasteiger partial charge in [-0.05, 0) is 37.5 Å². The molecule has 0 radical (unpaired) electrons. The Bertz CT molecular complexity index is 1170. The van der Waals surface area contributed by atoms with Gasteiger partial charge in [-0.3, -0.25) is 4.79 Å². The largest absolute Gasteiger partial charge is 0.573 e. The van der Waals surface area contributed by atoms with E-state index in [2.05, 4.69) is 9.72 Å². The molecular formula is C22H20Cl2F3N3O2. The van der Waals surface area contributed by atoms with Crippen molar-refractivity contribution in [2.45, 2.75) is 32.0 Å². The van der Waals surface area contributed by atoms with Crippen LogP contribution in [0.1, 0.15) is 40.9 Å². The minimum atomic E-state index is -4.77. The summed E-state index contributed by atoms with van der Waals surface area (Å²) >= 11 is 12.9. The number of pyridine rings is 1. The Morgan fingerprint density at radius 1 is 1.16 bits per heavy atom. The summed E-state index contributed by atoms with van der Waals surface area (Å²) in [6, 6.07) is 5.97. The number of nitrogens with zero attached hydrogens (tertiary/aromatic N) is 3. The Kier molecular flexibility index (Phi) is 6.27. The molecule has 4 rings (SSSR count). The lowest BCUT2D eigenvalue weighted by molar-refractivity contribution is -0.274. The van der Waals surface area contributed by atoms with E-state index < -0.39 is 6.36 Å². The smallest absolute Gasteiger partial charge is 0.406 e. The Labute approximate surface area is 192 Å². The number of benzene rings is 1. The summed E-state index contributed by atoms with van der Waals surface area (Å²) in [6.07, 6.45) is -0.117. The van der Waals surface area contributed by atoms with Crippen molar-refractivity contribution in [2.75, 3.05) is 13.1 Å². The highest BCUT2D eigenvalue weighted by molar-refractivity contribution is 6.37. The molecule has 0 spiro atoms. The summed E-state index contributed by atoms with van der Waals surface area (Å²) in [6.45, 7) is 1.36. The van der Waals surface area contributed by atoms with Crippen LogP contribution >= 0.6 is 23.2 Å². The van der Waals surface area contributed by atoms with Crippen LogP contribution in [0.4, 0.5) is 13.2 Å². The van der Waals surface area contributed by atoms with Gasteiger partial charge in [-0.1, -0.05) is 23.2 Å². The van der Waals surface area contributed by atoms with E-state index in [1.54, 1.807) is 22.6 Å². The number of piperidine rings is 1. The van der Waals surface area contributed by atoms with Crippen LogP contribution < -0.4 is 4.74 Å². The van der Waals surface area contributed by atoms with Crippen molar-refractivity contribution in [1.29, 1.82) is 0 Å². The van der Waals surface area contributed by atoms with Gasteiger partial charge >= 0.3 is 6.36 Å². The molecule has 1 amide bonds. The lowest BCUT2D eigenvalue weighted by Gasteiger charge is -2.27. The molecular weight excluding hydrogens is 466 g/mol. The van der Waals surface area contributed by atoms with Crippen molar-refractivity contribution in [1.82, 2.24) is 14.5 Å². The molecule has 0 saturated carbocycles. The van der Waals surface area contributed by atoms with Gasteiger partial charge in [0.05, 0.1) is 16.1 Å². The standard InChI is InChI=1S/C22H20Cl2F3N3O2/c1-29-14(9-13-5-6-15(11-18(13)29)32-22(25,26)27)10-16-19(23)17(12-28-20(16)24)21(31)30-7-3-2-4-8-30/h5-6,9,11-12H,2-4,7-8,10H2,1H3. The highest BCUT2D eigenvalue weighted by Crippen LogP contribution is 2.33. The third kappa shape index (κ3) is 4.66. The molecule has 10 heteroatoms. The number of amides is 1. The molecule has 2 aromatic heterocycles. The first-order valence-electron chi connectivity index (χ1n) is 10.1. The second-order valence-electron chi connectivity index (χ2n) is 7.75. The zero-order chi connectivity index (χ0) is 23.0. The van der Waals surface area contributed by atoms with E-state index in [-0.39, 0.29) is 28.3 Å². The molecule has 0 atom stereocenters. The number of alkyl halides is 3. The van der Waals surface area contributed by atoms with Crippen molar-refractivity contribution >= 4 is 40.0 Å². The summed E-state index contributed by atoms with van der Waals surface area (Å²) in [5.74, 6) is -0.476. The van der Waals surface area contributed by atoms with E-state index in [0.29, 0.717) is 29.7 Å². The number of hydrogen-bond acceptors (Lipinski definition) is 3. The second kappa shape index (κ2) is 8.83. The van der Waals surface area contributed by atoms with Gasteiger partial charge in [-0.25, -0.2) is 4.98 Å². The van der Waals surface area contributed by atoms with Gasteiger partial charge in [0, 0.05) is 55.5 Å². The second-order valence-corrected chi connectivity index (χ2v) is 8.48. The SMILES string of the molecule is Cn1c(Cc2c(Cl)ncc(C(=O)N3CCCCC3)c2Cl)cc2ccc(OC(F)(F)F)cc21. The maximum atomic E-state index is 12.9. The van der Waals surface area contributed by atoms with Gasteiger partial charge in [-0.15, -0.1) is 13.2 Å². The number of aromatic nitrogens is 2. The van der Waals surface area contributed by atoms with Crippen LogP contribution in [0.2, 0.25) is 10.2 Å². The van der Waals surface area contributed by atoms with E-state index in [1.807, 2.05) is 6.07 Å². The Morgan fingerprint density at radius 2 is 1.88 bits per heavy atom. The molecule has 0 bridgehead atoms. The summed E-state index contributed by atoms with van der Waals surface area (Å²) in [7, 11) is 1.73. The fourth-order valence-electron chi connectivity index (χ4n) is 3.99. The fraction of sp³-hybridized carbons (Fsp3) is 0.364. The van der Waals surface area contributed by atoms with Gasteiger partial charge in [0.15, 0.2) is 0 Å². The first-order chi connectivity index (χ1) is 15.1. The van der Waals surface area contributed by atoms with Crippen LogP contribution in [-0.2, 0) is 13.5 Å². The molecule has 3 aromatic rings. The van der Waals surface area contributed by atoms with Gasteiger partial charge in [0.2, 0.25) is 0 Å². The molecule has 0 aliphatic carbocycles. The number of aryl methyl sites for hydroxylation is 1. The Hall–Kier alpha value is -2.45. The van der Waals surface area contributed by atoms with Crippen molar-refractivity contribution in [3.63, 3.8) is 0 Å². The van der Waals surface area contributed by atoms with E-state index >= 15 is 0 Å². The minimum Gasteiger partial charge on any atom is -0.406 e. The van der Waals surface area contributed by atoms with Crippen LogP contribution in [0.15, 0.2) is 30.5 Å². The van der Waals surface area contributed by atoms with E-state index in [0.717, 1.165) is 30.3 Å². The molecule has 3 heterocycles. The average Bonchev–Trinajstić information content (AvgIpc) is 3.05. The topological polar surface area (TPSA) is 47.4 Å². The van der Waals surface area contributed by atoms with Crippen LogP contribution in [0.3, 0.4) is 0 Å². The average molecular weight is 486 g/mol. The highest BCUT2D eigenvalue weighted by Gasteiger charge is 2.31. The number of likely N-dealkylation sites (tertiary alicyclic amines) is 1. The zero-order valence-corrected chi connectivity index (χ0v) is 18.7. The number of carbonyl (C=O) groups is 1. The van der Waals surface area contributed by atoms with Crippen molar-refractivity contribution in [3.8, 4) is 5.75 Å². The van der Waals surface area contributed by atoms with Crippen LogP contribution in [-0.4, -0.2) is 39.8 Å². The van der Waals surface area contributed by atoms with Gasteiger partial charge in [-0.2, -0.15) is 0 Å². The molecule has 1 aliphatic heterocycles. The molecule has 1 fully saturated rings. The van der Waals surface area contributed by atoms with Crippen LogP contribution in [0.5, 0.6) is 5.75 Å². The number of carbonyl (C=O) groups excluding carboxylic acids is 1. The highest BCUT2D eigenvalue weighted by atomic mass is 35.5. The lowest BCUT2D eigenvalue weighted by atomic mass is 10.1. The number of rotatable bonds is 4. The molecule has 32 heavy (non-hydrogen) atoms. The third-order valence-electron chi connectivity index (χ3n) is 5.64. The first kappa shape index (κ1) is 22.7.